The lowest BCUT2D eigenvalue weighted by molar-refractivity contribution is -0.141. The number of nitrogens with zero attached hydrogens (tertiary/aromatic N) is 2. The molecule has 1 aliphatic heterocycles. The minimum atomic E-state index is -0.743. The van der Waals surface area contributed by atoms with Crippen LogP contribution in [0.25, 0.3) is 0 Å². The summed E-state index contributed by atoms with van der Waals surface area (Å²) < 4.78 is 5.38. The van der Waals surface area contributed by atoms with Gasteiger partial charge in [-0.1, -0.05) is 67.9 Å². The zero-order chi connectivity index (χ0) is 29.2. The van der Waals surface area contributed by atoms with Gasteiger partial charge in [0.15, 0.2) is 0 Å². The van der Waals surface area contributed by atoms with Crippen LogP contribution in [0.3, 0.4) is 0 Å². The molecule has 0 radical (unpaired) electrons. The van der Waals surface area contributed by atoms with Crippen LogP contribution < -0.4 is 10.1 Å². The van der Waals surface area contributed by atoms with E-state index in [9.17, 15) is 19.2 Å². The zero-order valence-corrected chi connectivity index (χ0v) is 23.7. The molecule has 3 aromatic rings. The van der Waals surface area contributed by atoms with Crippen LogP contribution in [0.4, 0.5) is 0 Å². The smallest absolute Gasteiger partial charge is 0.261 e. The second kappa shape index (κ2) is 14.3. The third-order valence-electron chi connectivity index (χ3n) is 7.24. The summed E-state index contributed by atoms with van der Waals surface area (Å²) in [7, 11) is 1.58. The number of benzene rings is 3. The normalized spacial score (nSPS) is 13.1. The van der Waals surface area contributed by atoms with Crippen molar-refractivity contribution in [1.82, 2.24) is 15.1 Å². The Hall–Kier alpha value is -4.46. The van der Waals surface area contributed by atoms with Crippen LogP contribution in [-0.2, 0) is 22.6 Å². The number of hydrogen-bond acceptors (Lipinski definition) is 5. The first-order valence-corrected chi connectivity index (χ1v) is 14.1. The first kappa shape index (κ1) is 29.5. The third-order valence-corrected chi connectivity index (χ3v) is 7.24. The van der Waals surface area contributed by atoms with E-state index in [1.54, 1.807) is 36.3 Å². The second-order valence-corrected chi connectivity index (χ2v) is 10.1. The second-order valence-electron chi connectivity index (χ2n) is 10.1. The Morgan fingerprint density at radius 3 is 2.20 bits per heavy atom. The van der Waals surface area contributed by atoms with E-state index < -0.39 is 6.04 Å². The maximum Gasteiger partial charge on any atom is 0.261 e. The van der Waals surface area contributed by atoms with Gasteiger partial charge in [0.1, 0.15) is 11.8 Å². The summed E-state index contributed by atoms with van der Waals surface area (Å²) in [6, 6.07) is 23.1. The molecule has 8 nitrogen and oxygen atoms in total. The van der Waals surface area contributed by atoms with Crippen molar-refractivity contribution in [2.45, 2.75) is 51.6 Å². The standard InChI is InChI=1S/C33H37N3O5/c1-3-4-19-34-31(38)29(22-24-12-6-5-7-13-24)36(23-25-14-10-15-26(21-25)41-2)30(37)18-11-20-35-32(39)27-16-8-9-17-28(27)33(35)40/h5-10,12-17,21,29H,3-4,11,18-20,22-23H2,1-2H3,(H,34,38)/t29-/m0/s1. The minimum Gasteiger partial charge on any atom is -0.497 e. The Morgan fingerprint density at radius 1 is 0.878 bits per heavy atom. The van der Waals surface area contributed by atoms with Gasteiger partial charge in [-0.3, -0.25) is 24.1 Å². The number of rotatable bonds is 14. The molecular formula is C33H37N3O5. The van der Waals surface area contributed by atoms with E-state index in [0.717, 1.165) is 24.0 Å². The number of imide groups is 1. The fraction of sp³-hybridized carbons (Fsp3) is 0.333. The van der Waals surface area contributed by atoms with Gasteiger partial charge in [-0.25, -0.2) is 0 Å². The Bertz CT molecular complexity index is 1340. The molecule has 1 N–H and O–H groups in total. The molecule has 0 unspecified atom stereocenters. The van der Waals surface area contributed by atoms with Crippen LogP contribution in [0.2, 0.25) is 0 Å². The zero-order valence-electron chi connectivity index (χ0n) is 23.7. The molecule has 1 aliphatic rings. The summed E-state index contributed by atoms with van der Waals surface area (Å²) in [6.45, 7) is 2.92. The first-order valence-electron chi connectivity index (χ1n) is 14.1. The molecule has 0 aliphatic carbocycles. The van der Waals surface area contributed by atoms with Crippen molar-refractivity contribution in [2.24, 2.45) is 0 Å². The number of fused-ring (bicyclic) bond motifs is 1. The maximum absolute atomic E-state index is 13.8. The van der Waals surface area contributed by atoms with Crippen molar-refractivity contribution in [1.29, 1.82) is 0 Å². The van der Waals surface area contributed by atoms with Gasteiger partial charge in [0, 0.05) is 32.5 Å². The van der Waals surface area contributed by atoms with Gasteiger partial charge >= 0.3 is 0 Å². The molecule has 4 rings (SSSR count). The summed E-state index contributed by atoms with van der Waals surface area (Å²) in [6.07, 6.45) is 2.49. The van der Waals surface area contributed by atoms with Crippen LogP contribution in [0, 0.1) is 0 Å². The Labute approximate surface area is 241 Å². The number of carbonyl (C=O) groups is 4. The topological polar surface area (TPSA) is 96.0 Å². The average molecular weight is 556 g/mol. The van der Waals surface area contributed by atoms with Crippen molar-refractivity contribution in [3.05, 3.63) is 101 Å². The van der Waals surface area contributed by atoms with E-state index >= 15 is 0 Å². The predicted octanol–water partition coefficient (Wildman–Crippen LogP) is 4.63. The molecule has 0 saturated carbocycles. The van der Waals surface area contributed by atoms with E-state index in [0.29, 0.717) is 29.8 Å². The van der Waals surface area contributed by atoms with E-state index in [4.69, 9.17) is 4.74 Å². The minimum absolute atomic E-state index is 0.0743. The first-order chi connectivity index (χ1) is 19.9. The van der Waals surface area contributed by atoms with Crippen molar-refractivity contribution in [3.63, 3.8) is 0 Å². The van der Waals surface area contributed by atoms with Crippen LogP contribution in [-0.4, -0.2) is 59.7 Å². The molecule has 0 fully saturated rings. The summed E-state index contributed by atoms with van der Waals surface area (Å²) in [5.74, 6) is -0.463. The highest BCUT2D eigenvalue weighted by molar-refractivity contribution is 6.21. The highest BCUT2D eigenvalue weighted by Gasteiger charge is 2.35. The van der Waals surface area contributed by atoms with Gasteiger partial charge in [0.05, 0.1) is 18.2 Å². The van der Waals surface area contributed by atoms with Gasteiger partial charge in [0.2, 0.25) is 11.8 Å². The quantitative estimate of drug-likeness (QED) is 0.231. The van der Waals surface area contributed by atoms with E-state index in [2.05, 4.69) is 12.2 Å². The molecule has 0 saturated heterocycles. The highest BCUT2D eigenvalue weighted by atomic mass is 16.5. The number of unbranched alkanes of at least 4 members (excludes halogenated alkanes) is 1. The van der Waals surface area contributed by atoms with Crippen molar-refractivity contribution < 1.29 is 23.9 Å². The molecule has 41 heavy (non-hydrogen) atoms. The van der Waals surface area contributed by atoms with Crippen LogP contribution in [0.5, 0.6) is 5.75 Å². The van der Waals surface area contributed by atoms with Crippen LogP contribution >= 0.6 is 0 Å². The lowest BCUT2D eigenvalue weighted by Gasteiger charge is -2.32. The van der Waals surface area contributed by atoms with Gasteiger partial charge in [-0.15, -0.1) is 0 Å². The largest absolute Gasteiger partial charge is 0.497 e. The summed E-state index contributed by atoms with van der Waals surface area (Å²) in [5, 5.41) is 3.02. The van der Waals surface area contributed by atoms with Crippen LogP contribution in [0.1, 0.15) is 64.4 Å². The summed E-state index contributed by atoms with van der Waals surface area (Å²) in [4.78, 5) is 55.8. The number of nitrogens with one attached hydrogen (secondary N) is 1. The number of hydrogen-bond donors (Lipinski definition) is 1. The van der Waals surface area contributed by atoms with Crippen molar-refractivity contribution in [3.8, 4) is 5.75 Å². The molecule has 214 valence electrons. The van der Waals surface area contributed by atoms with E-state index in [1.807, 2.05) is 54.6 Å². The fourth-order valence-corrected chi connectivity index (χ4v) is 5.00. The average Bonchev–Trinajstić information content (AvgIpc) is 3.24. The molecular weight excluding hydrogens is 518 g/mol. The molecule has 8 heteroatoms. The number of carbonyl (C=O) groups excluding carboxylic acids is 4. The fourth-order valence-electron chi connectivity index (χ4n) is 5.00. The molecule has 0 spiro atoms. The molecule has 4 amide bonds. The molecule has 3 aromatic carbocycles. The number of ether oxygens (including phenoxy) is 1. The van der Waals surface area contributed by atoms with Crippen LogP contribution in [0.15, 0.2) is 78.9 Å². The highest BCUT2D eigenvalue weighted by Crippen LogP contribution is 2.24. The Balaban J connectivity index is 1.54. The van der Waals surface area contributed by atoms with E-state index in [-0.39, 0.29) is 49.6 Å². The van der Waals surface area contributed by atoms with Gasteiger partial charge in [-0.05, 0) is 48.2 Å². The monoisotopic (exact) mass is 555 g/mol. The SMILES string of the molecule is CCCCNC(=O)[C@H](Cc1ccccc1)N(Cc1cccc(OC)c1)C(=O)CCCN1C(=O)c2ccccc2C1=O. The predicted molar refractivity (Wildman–Crippen MR) is 156 cm³/mol. The lowest BCUT2D eigenvalue weighted by Crippen LogP contribution is -2.50. The third kappa shape index (κ3) is 7.39. The van der Waals surface area contributed by atoms with Gasteiger partial charge < -0.3 is 15.0 Å². The Kier molecular flexibility index (Phi) is 10.3. The molecule has 0 aromatic heterocycles. The maximum atomic E-state index is 13.8. The Morgan fingerprint density at radius 2 is 1.54 bits per heavy atom. The lowest BCUT2D eigenvalue weighted by atomic mass is 10.0. The summed E-state index contributed by atoms with van der Waals surface area (Å²) in [5.41, 5.74) is 2.54. The van der Waals surface area contributed by atoms with Gasteiger partial charge in [-0.2, -0.15) is 0 Å². The summed E-state index contributed by atoms with van der Waals surface area (Å²) >= 11 is 0. The molecule has 1 heterocycles. The number of methoxy groups -OCH3 is 1. The van der Waals surface area contributed by atoms with Gasteiger partial charge in [0.25, 0.3) is 11.8 Å². The van der Waals surface area contributed by atoms with Crippen molar-refractivity contribution >= 4 is 23.6 Å². The molecule has 0 bridgehead atoms. The molecule has 1 atom stereocenters. The van der Waals surface area contributed by atoms with E-state index in [1.165, 1.54) is 4.90 Å². The number of amides is 4. The van der Waals surface area contributed by atoms with Crippen molar-refractivity contribution in [2.75, 3.05) is 20.2 Å².